The number of aromatic carboxylic acids is 1. The summed E-state index contributed by atoms with van der Waals surface area (Å²) in [4.78, 5) is 13.0. The summed E-state index contributed by atoms with van der Waals surface area (Å²) in [6.45, 7) is 0. The van der Waals surface area contributed by atoms with Gasteiger partial charge in [0.15, 0.2) is 0 Å². The van der Waals surface area contributed by atoms with Crippen molar-refractivity contribution < 1.29 is 14.6 Å². The summed E-state index contributed by atoms with van der Waals surface area (Å²) in [5.41, 5.74) is 0. The molecule has 0 atom stereocenters. The Bertz CT molecular complexity index is 580. The summed E-state index contributed by atoms with van der Waals surface area (Å²) in [5.74, 6) is -0.134. The Morgan fingerprint density at radius 3 is 2.72 bits per heavy atom. The Morgan fingerprint density at radius 1 is 1.39 bits per heavy atom. The van der Waals surface area contributed by atoms with E-state index in [0.717, 1.165) is 19.3 Å². The number of thiophene rings is 1. The van der Waals surface area contributed by atoms with Gasteiger partial charge in [-0.15, -0.1) is 11.3 Å². The molecule has 0 bridgehead atoms. The zero-order valence-corrected chi connectivity index (χ0v) is 12.6. The molecule has 0 aliphatic heterocycles. The fourth-order valence-corrected chi connectivity index (χ4v) is 4.06. The molecule has 0 unspecified atom stereocenters. The minimum Gasteiger partial charge on any atom is -0.496 e. The summed E-state index contributed by atoms with van der Waals surface area (Å²) in [6, 6.07) is 9.29. The van der Waals surface area contributed by atoms with Crippen LogP contribution in [-0.2, 0) is 0 Å². The lowest BCUT2D eigenvalue weighted by molar-refractivity contribution is 0.0702. The van der Waals surface area contributed by atoms with Gasteiger partial charge in [-0.3, -0.25) is 0 Å². The van der Waals surface area contributed by atoms with Crippen molar-refractivity contribution in [2.75, 3.05) is 7.11 Å². The predicted molar refractivity (Wildman–Crippen MR) is 76.1 cm³/mol. The average molecular weight is 345 g/mol. The molecule has 0 aliphatic rings. The maximum atomic E-state index is 10.9. The quantitative estimate of drug-likeness (QED) is 0.894. The summed E-state index contributed by atoms with van der Waals surface area (Å²) < 4.78 is 6.08. The second-order valence-corrected chi connectivity index (χ2v) is 6.76. The van der Waals surface area contributed by atoms with Crippen molar-refractivity contribution in [2.45, 2.75) is 9.79 Å². The zero-order valence-electron chi connectivity index (χ0n) is 9.34. The second kappa shape index (κ2) is 5.77. The highest BCUT2D eigenvalue weighted by Gasteiger charge is 2.14. The Balaban J connectivity index is 2.31. The summed E-state index contributed by atoms with van der Waals surface area (Å²) in [5, 5.41) is 8.95. The Morgan fingerprint density at radius 2 is 2.11 bits per heavy atom. The number of methoxy groups -OCH3 is 1. The molecule has 94 valence electrons. The third kappa shape index (κ3) is 2.88. The number of hydrogen-bond donors (Lipinski definition) is 1. The molecule has 0 aliphatic carbocycles. The highest BCUT2D eigenvalue weighted by molar-refractivity contribution is 9.11. The largest absolute Gasteiger partial charge is 0.496 e. The maximum absolute atomic E-state index is 10.9. The number of carboxylic acids is 1. The number of carboxylic acid groups (broad SMARTS) is 1. The number of halogens is 1. The van der Waals surface area contributed by atoms with Crippen molar-refractivity contribution in [2.24, 2.45) is 0 Å². The summed E-state index contributed by atoms with van der Waals surface area (Å²) in [6.07, 6.45) is 0. The fourth-order valence-electron chi connectivity index (χ4n) is 1.35. The number of hydrogen-bond acceptors (Lipinski definition) is 4. The number of para-hydroxylation sites is 1. The molecule has 18 heavy (non-hydrogen) atoms. The predicted octanol–water partition coefficient (Wildman–Crippen LogP) is 4.37. The van der Waals surface area contributed by atoms with Crippen molar-refractivity contribution in [1.29, 1.82) is 0 Å². The van der Waals surface area contributed by atoms with E-state index in [2.05, 4.69) is 15.9 Å². The van der Waals surface area contributed by atoms with E-state index in [-0.39, 0.29) is 0 Å². The highest BCUT2D eigenvalue weighted by atomic mass is 79.9. The number of carbonyl (C=O) groups is 1. The molecule has 1 N–H and O–H groups in total. The van der Waals surface area contributed by atoms with Crippen LogP contribution in [0.5, 0.6) is 5.75 Å². The van der Waals surface area contributed by atoms with Crippen molar-refractivity contribution in [1.82, 2.24) is 0 Å². The molecular weight excluding hydrogens is 336 g/mol. The molecule has 0 saturated carbocycles. The normalized spacial score (nSPS) is 10.3. The van der Waals surface area contributed by atoms with Gasteiger partial charge >= 0.3 is 5.97 Å². The molecule has 2 aromatic rings. The van der Waals surface area contributed by atoms with Crippen molar-refractivity contribution in [3.05, 3.63) is 39.0 Å². The number of rotatable bonds is 4. The van der Waals surface area contributed by atoms with Crippen molar-refractivity contribution >= 4 is 45.0 Å². The minimum absolute atomic E-state index is 0.319. The lowest BCUT2D eigenvalue weighted by atomic mass is 10.3. The lowest BCUT2D eigenvalue weighted by Crippen LogP contribution is -1.89. The van der Waals surface area contributed by atoms with E-state index >= 15 is 0 Å². The van der Waals surface area contributed by atoms with Gasteiger partial charge in [0.2, 0.25) is 0 Å². The molecular formula is C12H9BrO3S2. The first kappa shape index (κ1) is 13.5. The van der Waals surface area contributed by atoms with Crippen LogP contribution in [0.3, 0.4) is 0 Å². The molecule has 6 heteroatoms. The molecule has 0 radical (unpaired) electrons. The van der Waals surface area contributed by atoms with Crippen LogP contribution in [0.4, 0.5) is 0 Å². The maximum Gasteiger partial charge on any atom is 0.345 e. The zero-order chi connectivity index (χ0) is 13.1. The second-order valence-electron chi connectivity index (χ2n) is 3.31. The van der Waals surface area contributed by atoms with E-state index in [1.54, 1.807) is 13.2 Å². The standard InChI is InChI=1S/C12H9BrO3S2/c1-16-7-4-2-3-5-8(7)17-9-6-10(12(14)15)18-11(9)13/h2-6H,1H3,(H,14,15). The summed E-state index contributed by atoms with van der Waals surface area (Å²) in [7, 11) is 1.62. The molecule has 3 nitrogen and oxygen atoms in total. The first-order valence-corrected chi connectivity index (χ1v) is 7.38. The van der Waals surface area contributed by atoms with Crippen LogP contribution >= 0.6 is 39.0 Å². The topological polar surface area (TPSA) is 46.5 Å². The van der Waals surface area contributed by atoms with E-state index in [1.807, 2.05) is 24.3 Å². The highest BCUT2D eigenvalue weighted by Crippen LogP contribution is 2.42. The number of benzene rings is 1. The van der Waals surface area contributed by atoms with Crippen LogP contribution in [-0.4, -0.2) is 18.2 Å². The third-order valence-corrected chi connectivity index (χ3v) is 5.47. The smallest absolute Gasteiger partial charge is 0.345 e. The van der Waals surface area contributed by atoms with Crippen molar-refractivity contribution in [3.63, 3.8) is 0 Å². The Hall–Kier alpha value is -0.980. The molecule has 1 aromatic heterocycles. The molecule has 0 fully saturated rings. The lowest BCUT2D eigenvalue weighted by Gasteiger charge is -2.06. The van der Waals surface area contributed by atoms with E-state index < -0.39 is 5.97 Å². The van der Waals surface area contributed by atoms with Gasteiger partial charge in [0.1, 0.15) is 10.6 Å². The van der Waals surface area contributed by atoms with E-state index in [0.29, 0.717) is 4.88 Å². The van der Waals surface area contributed by atoms with Crippen LogP contribution in [0, 0.1) is 0 Å². The molecule has 0 spiro atoms. The van der Waals surface area contributed by atoms with Crippen LogP contribution in [0.15, 0.2) is 43.9 Å². The monoisotopic (exact) mass is 344 g/mol. The van der Waals surface area contributed by atoms with Crippen LogP contribution in [0.25, 0.3) is 0 Å². The molecule has 1 heterocycles. The van der Waals surface area contributed by atoms with Gasteiger partial charge in [-0.1, -0.05) is 23.9 Å². The van der Waals surface area contributed by atoms with Crippen molar-refractivity contribution in [3.8, 4) is 5.75 Å². The molecule has 1 aromatic carbocycles. The van der Waals surface area contributed by atoms with Gasteiger partial charge in [-0.05, 0) is 34.1 Å². The first-order valence-electron chi connectivity index (χ1n) is 4.95. The van der Waals surface area contributed by atoms with Crippen LogP contribution in [0.2, 0.25) is 0 Å². The van der Waals surface area contributed by atoms with Crippen LogP contribution < -0.4 is 4.74 Å². The van der Waals surface area contributed by atoms with Gasteiger partial charge in [-0.25, -0.2) is 4.79 Å². The fraction of sp³-hybridized carbons (Fsp3) is 0.0833. The average Bonchev–Trinajstić information content (AvgIpc) is 2.72. The Kier molecular flexibility index (Phi) is 4.31. The van der Waals surface area contributed by atoms with Gasteiger partial charge in [0.05, 0.1) is 15.8 Å². The third-order valence-electron chi connectivity index (χ3n) is 2.16. The van der Waals surface area contributed by atoms with E-state index in [1.165, 1.54) is 23.1 Å². The Labute approximate surface area is 121 Å². The molecule has 0 amide bonds. The summed E-state index contributed by atoms with van der Waals surface area (Å²) >= 11 is 6.07. The van der Waals surface area contributed by atoms with Gasteiger partial charge in [0.25, 0.3) is 0 Å². The SMILES string of the molecule is COc1ccccc1Sc1cc(C(=O)O)sc1Br. The van der Waals surface area contributed by atoms with E-state index in [9.17, 15) is 4.79 Å². The number of ether oxygens (including phenoxy) is 1. The molecule has 0 saturated heterocycles. The minimum atomic E-state index is -0.910. The molecule has 2 rings (SSSR count). The first-order chi connectivity index (χ1) is 8.61. The van der Waals surface area contributed by atoms with Crippen LogP contribution in [0.1, 0.15) is 9.67 Å². The van der Waals surface area contributed by atoms with Gasteiger partial charge in [-0.2, -0.15) is 0 Å². The van der Waals surface area contributed by atoms with Gasteiger partial charge < -0.3 is 9.84 Å². The van der Waals surface area contributed by atoms with Gasteiger partial charge in [0, 0.05) is 4.90 Å². The van der Waals surface area contributed by atoms with E-state index in [4.69, 9.17) is 9.84 Å².